The molecular weight excluding hydrogens is 494 g/mol. The predicted octanol–water partition coefficient (Wildman–Crippen LogP) is 10.3. The summed E-state index contributed by atoms with van der Waals surface area (Å²) in [5, 5.41) is 22.9. The molecule has 3 N–H and O–H groups in total. The van der Waals surface area contributed by atoms with Crippen molar-refractivity contribution in [1.82, 2.24) is 5.32 Å². The molecule has 40 heavy (non-hydrogen) atoms. The van der Waals surface area contributed by atoms with Crippen molar-refractivity contribution >= 4 is 5.91 Å². The number of aliphatic hydroxyl groups excluding tert-OH is 2. The number of hydrogen-bond acceptors (Lipinski definition) is 3. The van der Waals surface area contributed by atoms with Crippen molar-refractivity contribution in [2.45, 2.75) is 206 Å². The third-order valence-electron chi connectivity index (χ3n) is 8.28. The Kier molecular flexibility index (Phi) is 31.9. The molecule has 4 nitrogen and oxygen atoms in total. The highest BCUT2D eigenvalue weighted by Gasteiger charge is 2.19. The van der Waals surface area contributed by atoms with E-state index >= 15 is 0 Å². The second-order valence-electron chi connectivity index (χ2n) is 12.3. The Hall–Kier alpha value is -0.870. The SMILES string of the molecule is CCCCCCCC/C=C/CCCCCCCCCCCC(=O)N[C@@H](CO)[C@H](O)CCCCCCCCCCC. The van der Waals surface area contributed by atoms with E-state index < -0.39 is 12.1 Å². The van der Waals surface area contributed by atoms with E-state index in [2.05, 4.69) is 31.3 Å². The molecule has 0 saturated heterocycles. The monoisotopic (exact) mass is 566 g/mol. The summed E-state index contributed by atoms with van der Waals surface area (Å²) in [6.07, 6.45) is 38.4. The fourth-order valence-electron chi connectivity index (χ4n) is 5.47. The highest BCUT2D eigenvalue weighted by molar-refractivity contribution is 5.76. The van der Waals surface area contributed by atoms with Gasteiger partial charge in [-0.3, -0.25) is 4.79 Å². The summed E-state index contributed by atoms with van der Waals surface area (Å²) in [7, 11) is 0. The summed E-state index contributed by atoms with van der Waals surface area (Å²) in [6.45, 7) is 4.33. The molecule has 0 bridgehead atoms. The van der Waals surface area contributed by atoms with Gasteiger partial charge >= 0.3 is 0 Å². The molecule has 0 aromatic rings. The largest absolute Gasteiger partial charge is 0.394 e. The molecule has 0 saturated carbocycles. The molecule has 0 rings (SSSR count). The Morgan fingerprint density at radius 3 is 1.38 bits per heavy atom. The highest BCUT2D eigenvalue weighted by Crippen LogP contribution is 2.14. The number of hydrogen-bond donors (Lipinski definition) is 3. The van der Waals surface area contributed by atoms with Crippen molar-refractivity contribution in [1.29, 1.82) is 0 Å². The van der Waals surface area contributed by atoms with Gasteiger partial charge in [-0.1, -0.05) is 161 Å². The van der Waals surface area contributed by atoms with Gasteiger partial charge in [0, 0.05) is 6.42 Å². The predicted molar refractivity (Wildman–Crippen MR) is 175 cm³/mol. The lowest BCUT2D eigenvalue weighted by Gasteiger charge is -2.22. The van der Waals surface area contributed by atoms with Crippen molar-refractivity contribution in [2.24, 2.45) is 0 Å². The first-order valence-electron chi connectivity index (χ1n) is 17.9. The molecule has 0 fully saturated rings. The Morgan fingerprint density at radius 1 is 0.575 bits per heavy atom. The van der Waals surface area contributed by atoms with Gasteiger partial charge in [0.1, 0.15) is 0 Å². The molecule has 0 aliphatic rings. The van der Waals surface area contributed by atoms with Crippen molar-refractivity contribution in [2.75, 3.05) is 6.61 Å². The average molecular weight is 566 g/mol. The van der Waals surface area contributed by atoms with E-state index in [1.54, 1.807) is 0 Å². The number of carbonyl (C=O) groups is 1. The van der Waals surface area contributed by atoms with Gasteiger partial charge in [-0.05, 0) is 38.5 Å². The lowest BCUT2D eigenvalue weighted by atomic mass is 10.0. The summed E-state index contributed by atoms with van der Waals surface area (Å²) >= 11 is 0. The number of unbranched alkanes of at least 4 members (excludes halogenated alkanes) is 23. The van der Waals surface area contributed by atoms with Gasteiger partial charge < -0.3 is 15.5 Å². The molecule has 0 aromatic heterocycles. The van der Waals surface area contributed by atoms with Crippen LogP contribution in [0.1, 0.15) is 194 Å². The highest BCUT2D eigenvalue weighted by atomic mass is 16.3. The van der Waals surface area contributed by atoms with Crippen molar-refractivity contribution in [3.8, 4) is 0 Å². The average Bonchev–Trinajstić information content (AvgIpc) is 2.96. The fourth-order valence-corrected chi connectivity index (χ4v) is 5.47. The number of amides is 1. The second-order valence-corrected chi connectivity index (χ2v) is 12.3. The molecule has 0 heterocycles. The first-order chi connectivity index (χ1) is 19.7. The summed E-state index contributed by atoms with van der Waals surface area (Å²) in [6, 6.07) is -0.530. The molecule has 2 atom stereocenters. The maximum absolute atomic E-state index is 12.3. The van der Waals surface area contributed by atoms with Crippen LogP contribution in [0, 0.1) is 0 Å². The lowest BCUT2D eigenvalue weighted by Crippen LogP contribution is -2.45. The molecule has 238 valence electrons. The van der Waals surface area contributed by atoms with E-state index in [1.807, 2.05) is 0 Å². The zero-order valence-electron chi connectivity index (χ0n) is 27.1. The van der Waals surface area contributed by atoms with Gasteiger partial charge in [-0.15, -0.1) is 0 Å². The second kappa shape index (κ2) is 32.6. The van der Waals surface area contributed by atoms with Crippen LogP contribution in [0.15, 0.2) is 12.2 Å². The molecular formula is C36H71NO3. The quantitative estimate of drug-likeness (QED) is 0.0561. The topological polar surface area (TPSA) is 69.6 Å². The normalized spacial score (nSPS) is 13.2. The van der Waals surface area contributed by atoms with Crippen molar-refractivity contribution in [3.63, 3.8) is 0 Å². The van der Waals surface area contributed by atoms with Gasteiger partial charge in [-0.25, -0.2) is 0 Å². The lowest BCUT2D eigenvalue weighted by molar-refractivity contribution is -0.123. The van der Waals surface area contributed by atoms with Crippen LogP contribution in [0.4, 0.5) is 0 Å². The number of rotatable bonds is 32. The summed E-state index contributed by atoms with van der Waals surface area (Å²) in [5.74, 6) is -0.0359. The minimum absolute atomic E-state index is 0.0359. The first-order valence-corrected chi connectivity index (χ1v) is 17.9. The number of allylic oxidation sites excluding steroid dienone is 2. The summed E-state index contributed by atoms with van der Waals surface area (Å²) in [4.78, 5) is 12.3. The van der Waals surface area contributed by atoms with Gasteiger partial charge in [0.2, 0.25) is 5.91 Å². The fraction of sp³-hybridized carbons (Fsp3) is 0.917. The first kappa shape index (κ1) is 39.1. The van der Waals surface area contributed by atoms with Gasteiger partial charge in [0.05, 0.1) is 18.8 Å². The zero-order chi connectivity index (χ0) is 29.4. The van der Waals surface area contributed by atoms with Gasteiger partial charge in [0.15, 0.2) is 0 Å². The van der Waals surface area contributed by atoms with E-state index in [1.165, 1.54) is 141 Å². The van der Waals surface area contributed by atoms with E-state index in [-0.39, 0.29) is 12.5 Å². The third kappa shape index (κ3) is 28.7. The van der Waals surface area contributed by atoms with Crippen LogP contribution in [-0.4, -0.2) is 34.9 Å². The number of nitrogens with one attached hydrogen (secondary N) is 1. The van der Waals surface area contributed by atoms with Crippen LogP contribution in [-0.2, 0) is 4.79 Å². The molecule has 0 aliphatic carbocycles. The van der Waals surface area contributed by atoms with Gasteiger partial charge in [0.25, 0.3) is 0 Å². The Bertz CT molecular complexity index is 536. The standard InChI is InChI=1S/C36H71NO3/c1-3-5-7-9-11-13-14-15-16-17-18-19-20-21-22-24-26-28-30-32-36(40)37-34(33-38)35(39)31-29-27-25-23-12-10-8-6-4-2/h15-16,34-35,38-39H,3-14,17-33H2,1-2H3,(H,37,40)/b16-15+/t34-,35+/m0/s1. The molecule has 0 radical (unpaired) electrons. The van der Waals surface area contributed by atoms with E-state index in [0.29, 0.717) is 12.8 Å². The maximum Gasteiger partial charge on any atom is 0.220 e. The zero-order valence-corrected chi connectivity index (χ0v) is 27.1. The summed E-state index contributed by atoms with van der Waals surface area (Å²) < 4.78 is 0. The van der Waals surface area contributed by atoms with E-state index in [9.17, 15) is 15.0 Å². The van der Waals surface area contributed by atoms with Crippen LogP contribution in [0.5, 0.6) is 0 Å². The molecule has 4 heteroatoms. The Morgan fingerprint density at radius 2 is 0.950 bits per heavy atom. The Balaban J connectivity index is 3.52. The molecule has 0 unspecified atom stereocenters. The van der Waals surface area contributed by atoms with Crippen LogP contribution < -0.4 is 5.32 Å². The minimum Gasteiger partial charge on any atom is -0.394 e. The van der Waals surface area contributed by atoms with E-state index in [0.717, 1.165) is 25.7 Å². The molecule has 0 spiro atoms. The van der Waals surface area contributed by atoms with Crippen molar-refractivity contribution in [3.05, 3.63) is 12.2 Å². The smallest absolute Gasteiger partial charge is 0.220 e. The number of aliphatic hydroxyl groups is 2. The Labute approximate surface area is 250 Å². The number of carbonyl (C=O) groups excluding carboxylic acids is 1. The molecule has 1 amide bonds. The third-order valence-corrected chi connectivity index (χ3v) is 8.28. The summed E-state index contributed by atoms with van der Waals surface area (Å²) in [5.41, 5.74) is 0. The van der Waals surface area contributed by atoms with Crippen LogP contribution in [0.2, 0.25) is 0 Å². The molecule has 0 aliphatic heterocycles. The van der Waals surface area contributed by atoms with Gasteiger partial charge in [-0.2, -0.15) is 0 Å². The van der Waals surface area contributed by atoms with Crippen LogP contribution in [0.25, 0.3) is 0 Å². The van der Waals surface area contributed by atoms with E-state index in [4.69, 9.17) is 0 Å². The molecule has 0 aromatic carbocycles. The van der Waals surface area contributed by atoms with Crippen LogP contribution >= 0.6 is 0 Å². The van der Waals surface area contributed by atoms with Crippen molar-refractivity contribution < 1.29 is 15.0 Å². The maximum atomic E-state index is 12.3. The minimum atomic E-state index is -0.653. The van der Waals surface area contributed by atoms with Crippen LogP contribution in [0.3, 0.4) is 0 Å².